The number of unbranched alkanes of at least 4 members (excludes halogenated alkanes) is 3. The third-order valence-corrected chi connectivity index (χ3v) is 4.37. The van der Waals surface area contributed by atoms with Crippen LogP contribution >= 0.6 is 0 Å². The minimum absolute atomic E-state index is 0.168. The average molecular weight is 312 g/mol. The van der Waals surface area contributed by atoms with Crippen LogP contribution in [0.15, 0.2) is 23.1 Å². The molecule has 0 aliphatic rings. The Hall–Kier alpha value is -1.42. The molecule has 0 aliphatic carbocycles. The molecule has 6 heteroatoms. The number of hydrogen-bond donors (Lipinski definition) is 2. The van der Waals surface area contributed by atoms with Crippen molar-refractivity contribution in [2.45, 2.75) is 37.5 Å². The maximum absolute atomic E-state index is 13.9. The molecule has 0 amide bonds. The van der Waals surface area contributed by atoms with Gasteiger partial charge in [-0.15, -0.1) is 0 Å². The fourth-order valence-corrected chi connectivity index (χ4v) is 2.92. The lowest BCUT2D eigenvalue weighted by atomic mass is 10.2. The van der Waals surface area contributed by atoms with Crippen LogP contribution < -0.4 is 10.5 Å². The van der Waals surface area contributed by atoms with Gasteiger partial charge in [0, 0.05) is 12.1 Å². The fraction of sp³-hybridized carbons (Fsp3) is 0.467. The van der Waals surface area contributed by atoms with Crippen molar-refractivity contribution in [1.82, 2.24) is 4.72 Å². The second-order valence-electron chi connectivity index (χ2n) is 4.61. The molecule has 0 aliphatic heterocycles. The van der Waals surface area contributed by atoms with E-state index in [0.717, 1.165) is 31.7 Å². The summed E-state index contributed by atoms with van der Waals surface area (Å²) in [5.41, 5.74) is 5.63. The molecule has 0 atom stereocenters. The Kier molecular flexibility index (Phi) is 7.37. The lowest BCUT2D eigenvalue weighted by molar-refractivity contribution is 0.552. The molecular formula is C15H21FN2O2S. The second-order valence-corrected chi connectivity index (χ2v) is 6.34. The van der Waals surface area contributed by atoms with Gasteiger partial charge in [-0.2, -0.15) is 0 Å². The van der Waals surface area contributed by atoms with E-state index in [2.05, 4.69) is 23.5 Å². The predicted molar refractivity (Wildman–Crippen MR) is 81.7 cm³/mol. The number of sulfonamides is 1. The molecule has 0 saturated carbocycles. The minimum atomic E-state index is -3.81. The van der Waals surface area contributed by atoms with Gasteiger partial charge in [0.05, 0.1) is 6.54 Å². The van der Waals surface area contributed by atoms with Gasteiger partial charge >= 0.3 is 0 Å². The van der Waals surface area contributed by atoms with Crippen LogP contribution in [0.2, 0.25) is 0 Å². The number of benzene rings is 1. The monoisotopic (exact) mass is 312 g/mol. The fourth-order valence-electron chi connectivity index (χ4n) is 1.79. The minimum Gasteiger partial charge on any atom is -0.320 e. The van der Waals surface area contributed by atoms with Crippen molar-refractivity contribution in [2.24, 2.45) is 5.73 Å². The molecule has 0 fully saturated rings. The van der Waals surface area contributed by atoms with Gasteiger partial charge in [-0.3, -0.25) is 0 Å². The van der Waals surface area contributed by atoms with Gasteiger partial charge < -0.3 is 5.73 Å². The van der Waals surface area contributed by atoms with Gasteiger partial charge in [0.25, 0.3) is 0 Å². The van der Waals surface area contributed by atoms with Crippen molar-refractivity contribution in [3.8, 4) is 11.8 Å². The third-order valence-electron chi connectivity index (χ3n) is 2.88. The Morgan fingerprint density at radius 2 is 2.05 bits per heavy atom. The van der Waals surface area contributed by atoms with E-state index in [0.29, 0.717) is 12.1 Å². The SMILES string of the molecule is CCCCCCNS(=O)(=O)c1ccc(C#CCN)cc1F. The summed E-state index contributed by atoms with van der Waals surface area (Å²) < 4.78 is 40.3. The van der Waals surface area contributed by atoms with E-state index in [1.165, 1.54) is 12.1 Å². The van der Waals surface area contributed by atoms with Gasteiger partial charge in [0.2, 0.25) is 10.0 Å². The third kappa shape index (κ3) is 5.84. The highest BCUT2D eigenvalue weighted by molar-refractivity contribution is 7.89. The van der Waals surface area contributed by atoms with Crippen molar-refractivity contribution in [2.75, 3.05) is 13.1 Å². The van der Waals surface area contributed by atoms with Crippen molar-refractivity contribution in [1.29, 1.82) is 0 Å². The van der Waals surface area contributed by atoms with Crippen LogP contribution in [0.3, 0.4) is 0 Å². The van der Waals surface area contributed by atoms with Crippen LogP contribution in [0.25, 0.3) is 0 Å². The summed E-state index contributed by atoms with van der Waals surface area (Å²) in [6.45, 7) is 2.56. The van der Waals surface area contributed by atoms with Gasteiger partial charge in [-0.05, 0) is 24.6 Å². The zero-order valence-electron chi connectivity index (χ0n) is 12.2. The standard InChI is InChI=1S/C15H21FN2O2S/c1-2-3-4-5-11-18-21(19,20)15-9-8-13(7-6-10-17)12-14(15)16/h8-9,12,18H,2-5,10-11,17H2,1H3. The van der Waals surface area contributed by atoms with E-state index in [1.54, 1.807) is 0 Å². The topological polar surface area (TPSA) is 72.2 Å². The number of nitrogens with two attached hydrogens (primary N) is 1. The molecule has 0 saturated heterocycles. The van der Waals surface area contributed by atoms with Crippen LogP contribution in [-0.4, -0.2) is 21.5 Å². The Labute approximate surface area is 126 Å². The molecule has 0 aromatic heterocycles. The van der Waals surface area contributed by atoms with E-state index in [1.807, 2.05) is 0 Å². The molecule has 0 bridgehead atoms. The van der Waals surface area contributed by atoms with Crippen molar-refractivity contribution in [3.05, 3.63) is 29.6 Å². The summed E-state index contributed by atoms with van der Waals surface area (Å²) in [4.78, 5) is -0.351. The maximum Gasteiger partial charge on any atom is 0.243 e. The number of rotatable bonds is 7. The highest BCUT2D eigenvalue weighted by Crippen LogP contribution is 2.15. The largest absolute Gasteiger partial charge is 0.320 e. The molecule has 0 spiro atoms. The van der Waals surface area contributed by atoms with E-state index in [-0.39, 0.29) is 11.4 Å². The number of nitrogens with one attached hydrogen (secondary N) is 1. The quantitative estimate of drug-likeness (QED) is 0.597. The highest BCUT2D eigenvalue weighted by atomic mass is 32.2. The van der Waals surface area contributed by atoms with Crippen molar-refractivity contribution < 1.29 is 12.8 Å². The summed E-state index contributed by atoms with van der Waals surface area (Å²) in [7, 11) is -3.81. The second kappa shape index (κ2) is 8.78. The maximum atomic E-state index is 13.9. The Morgan fingerprint density at radius 1 is 1.29 bits per heavy atom. The number of hydrogen-bond acceptors (Lipinski definition) is 3. The first-order chi connectivity index (χ1) is 10.0. The summed E-state index contributed by atoms with van der Waals surface area (Å²) in [5.74, 6) is 4.44. The molecule has 1 aromatic rings. The molecule has 116 valence electrons. The average Bonchev–Trinajstić information content (AvgIpc) is 2.44. The van der Waals surface area contributed by atoms with Crippen LogP contribution in [-0.2, 0) is 10.0 Å². The Balaban J connectivity index is 2.74. The van der Waals surface area contributed by atoms with Gasteiger partial charge in [-0.25, -0.2) is 17.5 Å². The van der Waals surface area contributed by atoms with E-state index in [9.17, 15) is 12.8 Å². The number of halogens is 1. The molecule has 0 radical (unpaired) electrons. The van der Waals surface area contributed by atoms with Crippen LogP contribution in [0.4, 0.5) is 4.39 Å². The molecule has 0 unspecified atom stereocenters. The summed E-state index contributed by atoms with van der Waals surface area (Å²) in [6, 6.07) is 3.80. The lowest BCUT2D eigenvalue weighted by Crippen LogP contribution is -2.25. The predicted octanol–water partition coefficient (Wildman–Crippen LogP) is 1.99. The summed E-state index contributed by atoms with van der Waals surface area (Å²) >= 11 is 0. The van der Waals surface area contributed by atoms with E-state index >= 15 is 0 Å². The molecule has 1 aromatic carbocycles. The van der Waals surface area contributed by atoms with Crippen molar-refractivity contribution in [3.63, 3.8) is 0 Å². The van der Waals surface area contributed by atoms with Crippen LogP contribution in [0.5, 0.6) is 0 Å². The first-order valence-electron chi connectivity index (χ1n) is 6.99. The molecule has 4 nitrogen and oxygen atoms in total. The first-order valence-corrected chi connectivity index (χ1v) is 8.47. The zero-order chi connectivity index (χ0) is 15.7. The van der Waals surface area contributed by atoms with Gasteiger partial charge in [0.1, 0.15) is 10.7 Å². The molecule has 0 heterocycles. The molecular weight excluding hydrogens is 291 g/mol. The normalized spacial score (nSPS) is 11.0. The van der Waals surface area contributed by atoms with Crippen molar-refractivity contribution >= 4 is 10.0 Å². The summed E-state index contributed by atoms with van der Waals surface area (Å²) in [5, 5.41) is 0. The smallest absolute Gasteiger partial charge is 0.243 e. The van der Waals surface area contributed by atoms with Crippen LogP contribution in [0, 0.1) is 17.7 Å². The van der Waals surface area contributed by atoms with Gasteiger partial charge in [-0.1, -0.05) is 38.0 Å². The zero-order valence-corrected chi connectivity index (χ0v) is 13.0. The highest BCUT2D eigenvalue weighted by Gasteiger charge is 2.18. The lowest BCUT2D eigenvalue weighted by Gasteiger charge is -2.07. The Bertz CT molecular complexity index is 618. The molecule has 1 rings (SSSR count). The van der Waals surface area contributed by atoms with Gasteiger partial charge in [0.15, 0.2) is 0 Å². The van der Waals surface area contributed by atoms with E-state index < -0.39 is 15.8 Å². The van der Waals surface area contributed by atoms with E-state index in [4.69, 9.17) is 5.73 Å². The summed E-state index contributed by atoms with van der Waals surface area (Å²) in [6.07, 6.45) is 3.83. The molecule has 21 heavy (non-hydrogen) atoms. The first kappa shape index (κ1) is 17.6. The van der Waals surface area contributed by atoms with Crippen LogP contribution in [0.1, 0.15) is 38.2 Å². The molecule has 3 N–H and O–H groups in total. The Morgan fingerprint density at radius 3 is 2.67 bits per heavy atom.